The minimum atomic E-state index is 0.249. The zero-order valence-corrected chi connectivity index (χ0v) is 17.3. The molecule has 2 aromatic heterocycles. The SMILES string of the molecule is O=C(C1CCCCC1)N1CC[C@H](c2ccc3c(NCc4ccccc4)n[nH]c3n2)C1. The van der Waals surface area contributed by atoms with E-state index in [4.69, 9.17) is 4.98 Å². The molecular formula is C24H29N5O. The quantitative estimate of drug-likeness (QED) is 0.659. The Bertz CT molecular complexity index is 1010. The van der Waals surface area contributed by atoms with Crippen molar-refractivity contribution >= 4 is 22.8 Å². The van der Waals surface area contributed by atoms with Crippen LogP contribution < -0.4 is 5.32 Å². The summed E-state index contributed by atoms with van der Waals surface area (Å²) in [6.07, 6.45) is 6.81. The van der Waals surface area contributed by atoms with E-state index in [9.17, 15) is 4.79 Å². The summed E-state index contributed by atoms with van der Waals surface area (Å²) in [5, 5.41) is 11.9. The molecule has 1 aliphatic carbocycles. The topological polar surface area (TPSA) is 73.9 Å². The average molecular weight is 404 g/mol. The van der Waals surface area contributed by atoms with Crippen molar-refractivity contribution in [3.63, 3.8) is 0 Å². The maximum Gasteiger partial charge on any atom is 0.225 e. The number of nitrogens with one attached hydrogen (secondary N) is 2. The highest BCUT2D eigenvalue weighted by molar-refractivity contribution is 5.87. The van der Waals surface area contributed by atoms with Crippen molar-refractivity contribution in [3.8, 4) is 0 Å². The van der Waals surface area contributed by atoms with Crippen molar-refractivity contribution in [2.45, 2.75) is 51.0 Å². The molecule has 1 atom stereocenters. The molecule has 2 N–H and O–H groups in total. The van der Waals surface area contributed by atoms with Gasteiger partial charge in [0.15, 0.2) is 11.5 Å². The van der Waals surface area contributed by atoms with Gasteiger partial charge >= 0.3 is 0 Å². The van der Waals surface area contributed by atoms with Gasteiger partial charge in [0.05, 0.1) is 5.39 Å². The third-order valence-corrected chi connectivity index (χ3v) is 6.62. The fourth-order valence-corrected chi connectivity index (χ4v) is 4.87. The van der Waals surface area contributed by atoms with Gasteiger partial charge in [-0.3, -0.25) is 9.89 Å². The van der Waals surface area contributed by atoms with Gasteiger partial charge in [0, 0.05) is 37.2 Å². The number of nitrogens with zero attached hydrogens (tertiary/aromatic N) is 3. The number of likely N-dealkylation sites (tertiary alicyclic amines) is 1. The Kier molecular flexibility index (Phi) is 5.39. The number of fused-ring (bicyclic) bond motifs is 1. The summed E-state index contributed by atoms with van der Waals surface area (Å²) in [5.74, 6) is 1.76. The number of H-pyrrole nitrogens is 1. The summed E-state index contributed by atoms with van der Waals surface area (Å²) in [4.78, 5) is 19.8. The van der Waals surface area contributed by atoms with Crippen LogP contribution in [-0.2, 0) is 11.3 Å². The van der Waals surface area contributed by atoms with E-state index in [2.05, 4.69) is 44.7 Å². The van der Waals surface area contributed by atoms with E-state index in [1.807, 2.05) is 18.2 Å². The van der Waals surface area contributed by atoms with Crippen molar-refractivity contribution < 1.29 is 4.79 Å². The van der Waals surface area contributed by atoms with Gasteiger partial charge in [-0.2, -0.15) is 5.10 Å². The molecule has 1 aliphatic heterocycles. The van der Waals surface area contributed by atoms with Crippen molar-refractivity contribution in [1.82, 2.24) is 20.1 Å². The summed E-state index contributed by atoms with van der Waals surface area (Å²) in [5.41, 5.74) is 3.08. The standard InChI is InChI=1S/C24H29N5O/c30-24(18-9-5-2-6-10-18)29-14-13-19(16-29)21-12-11-20-22(27-28-23(20)26-21)25-15-17-7-3-1-4-8-17/h1,3-4,7-8,11-12,18-19H,2,5-6,9-10,13-16H2,(H2,25,26,27,28)/t19-/m0/s1. The first-order valence-corrected chi connectivity index (χ1v) is 11.2. The number of aromatic amines is 1. The van der Waals surface area contributed by atoms with E-state index < -0.39 is 0 Å². The number of pyridine rings is 1. The summed E-state index contributed by atoms with van der Waals surface area (Å²) in [6.45, 7) is 2.37. The zero-order valence-electron chi connectivity index (χ0n) is 17.3. The number of aromatic nitrogens is 3. The van der Waals surface area contributed by atoms with Gasteiger partial charge in [0.1, 0.15) is 0 Å². The molecule has 2 fully saturated rings. The normalized spacial score (nSPS) is 20.0. The number of amides is 1. The van der Waals surface area contributed by atoms with Crippen LogP contribution in [0.25, 0.3) is 11.0 Å². The number of benzene rings is 1. The average Bonchev–Trinajstić information content (AvgIpc) is 3.45. The molecule has 3 heterocycles. The van der Waals surface area contributed by atoms with E-state index in [-0.39, 0.29) is 5.92 Å². The summed E-state index contributed by atoms with van der Waals surface area (Å²) >= 11 is 0. The lowest BCUT2D eigenvalue weighted by atomic mass is 9.88. The Balaban J connectivity index is 1.25. The van der Waals surface area contributed by atoms with Gasteiger partial charge in [-0.1, -0.05) is 49.6 Å². The van der Waals surface area contributed by atoms with Crippen molar-refractivity contribution in [2.75, 3.05) is 18.4 Å². The fourth-order valence-electron chi connectivity index (χ4n) is 4.87. The number of rotatable bonds is 5. The predicted octanol–water partition coefficient (Wildman–Crippen LogP) is 4.47. The molecule has 1 saturated carbocycles. The predicted molar refractivity (Wildman–Crippen MR) is 118 cm³/mol. The Morgan fingerprint density at radius 1 is 1.07 bits per heavy atom. The lowest BCUT2D eigenvalue weighted by Gasteiger charge is -2.26. The van der Waals surface area contributed by atoms with E-state index >= 15 is 0 Å². The van der Waals surface area contributed by atoms with Crippen LogP contribution in [0, 0.1) is 5.92 Å². The number of anilines is 1. The highest BCUT2D eigenvalue weighted by Crippen LogP contribution is 2.32. The third kappa shape index (κ3) is 3.91. The highest BCUT2D eigenvalue weighted by atomic mass is 16.2. The molecule has 30 heavy (non-hydrogen) atoms. The minimum Gasteiger partial charge on any atom is -0.364 e. The van der Waals surface area contributed by atoms with Gasteiger partial charge in [-0.05, 0) is 37.0 Å². The van der Waals surface area contributed by atoms with E-state index in [0.717, 1.165) is 61.4 Å². The van der Waals surface area contributed by atoms with Gasteiger partial charge in [0.2, 0.25) is 5.91 Å². The molecular weight excluding hydrogens is 374 g/mol. The van der Waals surface area contributed by atoms with E-state index in [1.165, 1.54) is 24.8 Å². The summed E-state index contributed by atoms with van der Waals surface area (Å²) < 4.78 is 0. The first kappa shape index (κ1) is 19.1. The zero-order chi connectivity index (χ0) is 20.3. The molecule has 0 spiro atoms. The van der Waals surface area contributed by atoms with E-state index in [0.29, 0.717) is 11.8 Å². The third-order valence-electron chi connectivity index (χ3n) is 6.62. The van der Waals surface area contributed by atoms with Gasteiger partial charge in [-0.15, -0.1) is 0 Å². The van der Waals surface area contributed by atoms with Crippen LogP contribution in [0.2, 0.25) is 0 Å². The van der Waals surface area contributed by atoms with Gasteiger partial charge in [0.25, 0.3) is 0 Å². The molecule has 2 aliphatic rings. The van der Waals surface area contributed by atoms with Gasteiger partial charge in [-0.25, -0.2) is 4.98 Å². The molecule has 1 saturated heterocycles. The summed E-state index contributed by atoms with van der Waals surface area (Å²) in [6, 6.07) is 14.5. The molecule has 1 aromatic carbocycles. The van der Waals surface area contributed by atoms with Crippen LogP contribution in [0.1, 0.15) is 55.7 Å². The first-order chi connectivity index (χ1) is 14.8. The second-order valence-corrected chi connectivity index (χ2v) is 8.65. The summed E-state index contributed by atoms with van der Waals surface area (Å²) in [7, 11) is 0. The minimum absolute atomic E-state index is 0.249. The molecule has 6 nitrogen and oxygen atoms in total. The lowest BCUT2D eigenvalue weighted by molar-refractivity contribution is -0.135. The molecule has 0 radical (unpaired) electrons. The second kappa shape index (κ2) is 8.46. The smallest absolute Gasteiger partial charge is 0.225 e. The number of carbonyl (C=O) groups excluding carboxylic acids is 1. The van der Waals surface area contributed by atoms with Crippen molar-refractivity contribution in [3.05, 3.63) is 53.7 Å². The number of carbonyl (C=O) groups is 1. The molecule has 1 amide bonds. The second-order valence-electron chi connectivity index (χ2n) is 8.65. The van der Waals surface area contributed by atoms with Crippen molar-refractivity contribution in [1.29, 1.82) is 0 Å². The molecule has 6 heteroatoms. The maximum atomic E-state index is 12.9. The van der Waals surface area contributed by atoms with Crippen molar-refractivity contribution in [2.24, 2.45) is 5.92 Å². The highest BCUT2D eigenvalue weighted by Gasteiger charge is 2.32. The first-order valence-electron chi connectivity index (χ1n) is 11.2. The molecule has 156 valence electrons. The monoisotopic (exact) mass is 403 g/mol. The Hall–Kier alpha value is -2.89. The van der Waals surface area contributed by atoms with Crippen LogP contribution in [0.15, 0.2) is 42.5 Å². The Labute approximate surface area is 177 Å². The van der Waals surface area contributed by atoms with Crippen LogP contribution in [0.4, 0.5) is 5.82 Å². The lowest BCUT2D eigenvalue weighted by Crippen LogP contribution is -2.35. The largest absolute Gasteiger partial charge is 0.364 e. The molecule has 0 bridgehead atoms. The van der Waals surface area contributed by atoms with E-state index in [1.54, 1.807) is 0 Å². The number of hydrogen-bond acceptors (Lipinski definition) is 4. The molecule has 3 aromatic rings. The molecule has 5 rings (SSSR count). The van der Waals surface area contributed by atoms with Gasteiger partial charge < -0.3 is 10.2 Å². The maximum absolute atomic E-state index is 12.9. The van der Waals surface area contributed by atoms with Crippen LogP contribution >= 0.6 is 0 Å². The number of hydrogen-bond donors (Lipinski definition) is 2. The van der Waals surface area contributed by atoms with Crippen LogP contribution in [0.3, 0.4) is 0 Å². The molecule has 0 unspecified atom stereocenters. The fraction of sp³-hybridized carbons (Fsp3) is 0.458. The Morgan fingerprint density at radius 2 is 1.90 bits per heavy atom. The van der Waals surface area contributed by atoms with Crippen LogP contribution in [0.5, 0.6) is 0 Å². The van der Waals surface area contributed by atoms with Crippen LogP contribution in [-0.4, -0.2) is 39.1 Å². The Morgan fingerprint density at radius 3 is 2.73 bits per heavy atom.